The van der Waals surface area contributed by atoms with Crippen LogP contribution in [0.2, 0.25) is 0 Å². The predicted molar refractivity (Wildman–Crippen MR) is 85.2 cm³/mol. The zero-order valence-electron chi connectivity index (χ0n) is 14.4. The Bertz CT molecular complexity index is 507. The highest BCUT2D eigenvalue weighted by Gasteiger charge is 2.68. The third-order valence-electron chi connectivity index (χ3n) is 7.50. The van der Waals surface area contributed by atoms with Crippen molar-refractivity contribution in [3.05, 3.63) is 0 Å². The summed E-state index contributed by atoms with van der Waals surface area (Å²) in [7, 11) is 0. The van der Waals surface area contributed by atoms with Gasteiger partial charge < -0.3 is 5.32 Å². The molecule has 2 unspecified atom stereocenters. The molecule has 5 aliphatic carbocycles. The normalized spacial score (nSPS) is 47.7. The van der Waals surface area contributed by atoms with Crippen molar-refractivity contribution in [2.24, 2.45) is 28.6 Å². The molecule has 2 nitrogen and oxygen atoms in total. The molecular formula is C19H28F3NO. The van der Waals surface area contributed by atoms with Crippen molar-refractivity contribution >= 4 is 5.91 Å². The van der Waals surface area contributed by atoms with E-state index in [1.54, 1.807) is 0 Å². The second-order valence-electron chi connectivity index (χ2n) is 9.45. The van der Waals surface area contributed by atoms with Crippen LogP contribution in [0, 0.1) is 28.6 Å². The molecule has 1 amide bonds. The maximum atomic E-state index is 13.8. The molecule has 5 heteroatoms. The average molecular weight is 343 g/mol. The molecule has 0 aliphatic heterocycles. The first kappa shape index (κ1) is 16.7. The SMILES string of the molecule is CC1CCC(NC(=O)C23CC4CC(C2)CC(C(F)(F)F)(C4)C3)CC1. The molecular weight excluding hydrogens is 315 g/mol. The molecule has 0 radical (unpaired) electrons. The third-order valence-corrected chi connectivity index (χ3v) is 7.50. The fraction of sp³-hybridized carbons (Fsp3) is 0.947. The second-order valence-corrected chi connectivity index (χ2v) is 9.45. The molecule has 5 saturated carbocycles. The Labute approximate surface area is 141 Å². The summed E-state index contributed by atoms with van der Waals surface area (Å²) in [4.78, 5) is 13.0. The lowest BCUT2D eigenvalue weighted by atomic mass is 9.43. The summed E-state index contributed by atoms with van der Waals surface area (Å²) in [5.41, 5.74) is -2.34. The van der Waals surface area contributed by atoms with Crippen LogP contribution in [0.1, 0.15) is 71.1 Å². The standard InChI is InChI=1S/C19H28F3NO/c1-12-2-4-15(5-3-12)23-16(24)17-7-13-6-14(8-17)10-18(9-13,11-17)19(20,21)22/h12-15H,2-11H2,1H3,(H,23,24). The molecule has 0 aromatic rings. The first-order valence-corrected chi connectivity index (χ1v) is 9.59. The molecule has 0 aromatic carbocycles. The van der Waals surface area contributed by atoms with E-state index < -0.39 is 17.0 Å². The summed E-state index contributed by atoms with van der Waals surface area (Å²) in [6.45, 7) is 2.23. The Morgan fingerprint density at radius 3 is 2.12 bits per heavy atom. The Balaban J connectivity index is 1.53. The summed E-state index contributed by atoms with van der Waals surface area (Å²) >= 11 is 0. The van der Waals surface area contributed by atoms with E-state index in [-0.39, 0.29) is 43.0 Å². The monoisotopic (exact) mass is 343 g/mol. The molecule has 5 fully saturated rings. The molecule has 5 aliphatic rings. The van der Waals surface area contributed by atoms with E-state index >= 15 is 0 Å². The molecule has 5 rings (SSSR count). The van der Waals surface area contributed by atoms with Crippen LogP contribution in [0.3, 0.4) is 0 Å². The highest BCUT2D eigenvalue weighted by molar-refractivity contribution is 5.83. The van der Waals surface area contributed by atoms with Gasteiger partial charge in [-0.3, -0.25) is 4.79 Å². The smallest absolute Gasteiger partial charge is 0.353 e. The summed E-state index contributed by atoms with van der Waals surface area (Å²) in [6.07, 6.45) is 2.78. The van der Waals surface area contributed by atoms with E-state index in [0.29, 0.717) is 18.8 Å². The van der Waals surface area contributed by atoms with Gasteiger partial charge in [0.15, 0.2) is 0 Å². The summed E-state index contributed by atoms with van der Waals surface area (Å²) < 4.78 is 41.4. The van der Waals surface area contributed by atoms with E-state index in [1.807, 2.05) is 0 Å². The van der Waals surface area contributed by atoms with Crippen LogP contribution in [0.5, 0.6) is 0 Å². The molecule has 0 spiro atoms. The highest BCUT2D eigenvalue weighted by Crippen LogP contribution is 2.69. The quantitative estimate of drug-likeness (QED) is 0.764. The number of carbonyl (C=O) groups is 1. The first-order valence-electron chi connectivity index (χ1n) is 9.59. The summed E-state index contributed by atoms with van der Waals surface area (Å²) in [6, 6.07) is 0.170. The van der Waals surface area contributed by atoms with Crippen molar-refractivity contribution in [2.75, 3.05) is 0 Å². The second kappa shape index (κ2) is 5.38. The number of hydrogen-bond acceptors (Lipinski definition) is 1. The van der Waals surface area contributed by atoms with Gasteiger partial charge in [-0.25, -0.2) is 0 Å². The van der Waals surface area contributed by atoms with Crippen LogP contribution < -0.4 is 5.32 Å². The number of halogens is 3. The molecule has 0 heterocycles. The lowest BCUT2D eigenvalue weighted by Gasteiger charge is -2.61. The van der Waals surface area contributed by atoms with Crippen molar-refractivity contribution in [1.29, 1.82) is 0 Å². The number of amides is 1. The van der Waals surface area contributed by atoms with Gasteiger partial charge in [0.1, 0.15) is 0 Å². The van der Waals surface area contributed by atoms with Gasteiger partial charge in [0, 0.05) is 6.04 Å². The van der Waals surface area contributed by atoms with Crippen LogP contribution in [-0.4, -0.2) is 18.1 Å². The topological polar surface area (TPSA) is 29.1 Å². The maximum Gasteiger partial charge on any atom is 0.394 e. The Morgan fingerprint density at radius 1 is 1.00 bits per heavy atom. The lowest BCUT2D eigenvalue weighted by molar-refractivity contribution is -0.283. The average Bonchev–Trinajstić information content (AvgIpc) is 2.47. The minimum Gasteiger partial charge on any atom is -0.353 e. The van der Waals surface area contributed by atoms with Crippen LogP contribution in [0.4, 0.5) is 13.2 Å². The minimum absolute atomic E-state index is 0.0332. The van der Waals surface area contributed by atoms with Gasteiger partial charge in [-0.05, 0) is 82.0 Å². The summed E-state index contributed by atoms with van der Waals surface area (Å²) in [5.74, 6) is 0.811. The van der Waals surface area contributed by atoms with Crippen LogP contribution >= 0.6 is 0 Å². The van der Waals surface area contributed by atoms with Crippen molar-refractivity contribution in [2.45, 2.75) is 83.4 Å². The fourth-order valence-electron chi connectivity index (χ4n) is 6.60. The van der Waals surface area contributed by atoms with Gasteiger partial charge in [0.25, 0.3) is 0 Å². The lowest BCUT2D eigenvalue weighted by Crippen LogP contribution is -2.62. The molecule has 24 heavy (non-hydrogen) atoms. The fourth-order valence-corrected chi connectivity index (χ4v) is 6.60. The largest absolute Gasteiger partial charge is 0.394 e. The zero-order valence-corrected chi connectivity index (χ0v) is 14.4. The highest BCUT2D eigenvalue weighted by atomic mass is 19.4. The molecule has 0 saturated heterocycles. The van der Waals surface area contributed by atoms with Crippen LogP contribution in [-0.2, 0) is 4.79 Å². The van der Waals surface area contributed by atoms with Crippen molar-refractivity contribution in [1.82, 2.24) is 5.32 Å². The molecule has 1 N–H and O–H groups in total. The van der Waals surface area contributed by atoms with Gasteiger partial charge in [-0.1, -0.05) is 6.92 Å². The van der Waals surface area contributed by atoms with Crippen LogP contribution in [0.25, 0.3) is 0 Å². The van der Waals surface area contributed by atoms with E-state index in [0.717, 1.165) is 32.1 Å². The molecule has 4 bridgehead atoms. The summed E-state index contributed by atoms with van der Waals surface area (Å²) in [5, 5.41) is 3.16. The van der Waals surface area contributed by atoms with Crippen molar-refractivity contribution in [3.8, 4) is 0 Å². The maximum absolute atomic E-state index is 13.8. The van der Waals surface area contributed by atoms with Crippen molar-refractivity contribution < 1.29 is 18.0 Å². The van der Waals surface area contributed by atoms with Gasteiger partial charge in [-0.2, -0.15) is 13.2 Å². The van der Waals surface area contributed by atoms with E-state index in [9.17, 15) is 18.0 Å². The van der Waals surface area contributed by atoms with Gasteiger partial charge in [0.05, 0.1) is 10.8 Å². The van der Waals surface area contributed by atoms with Gasteiger partial charge in [0.2, 0.25) is 5.91 Å². The number of nitrogens with one attached hydrogen (secondary N) is 1. The Hall–Kier alpha value is -0.740. The number of carbonyl (C=O) groups excluding carboxylic acids is 1. The van der Waals surface area contributed by atoms with E-state index in [1.165, 1.54) is 0 Å². The molecule has 0 aromatic heterocycles. The van der Waals surface area contributed by atoms with E-state index in [4.69, 9.17) is 0 Å². The number of rotatable bonds is 2. The van der Waals surface area contributed by atoms with Crippen LogP contribution in [0.15, 0.2) is 0 Å². The zero-order chi connectivity index (χ0) is 17.2. The van der Waals surface area contributed by atoms with E-state index in [2.05, 4.69) is 12.2 Å². The van der Waals surface area contributed by atoms with Gasteiger partial charge in [-0.15, -0.1) is 0 Å². The minimum atomic E-state index is -4.17. The predicted octanol–water partition coefficient (Wildman–Crippen LogP) is 4.83. The van der Waals surface area contributed by atoms with Gasteiger partial charge >= 0.3 is 6.18 Å². The van der Waals surface area contributed by atoms with Crippen molar-refractivity contribution in [3.63, 3.8) is 0 Å². The number of alkyl halides is 3. The Kier molecular flexibility index (Phi) is 3.74. The Morgan fingerprint density at radius 2 is 1.58 bits per heavy atom. The molecule has 136 valence electrons. The molecule has 2 atom stereocenters. The number of hydrogen-bond donors (Lipinski definition) is 1. The first-order chi connectivity index (χ1) is 11.2. The third kappa shape index (κ3) is 2.57.